The molecule has 2 heterocycles. The number of rotatable bonds is 4. The number of aromatic nitrogens is 3. The third-order valence-corrected chi connectivity index (χ3v) is 7.78. The van der Waals surface area contributed by atoms with E-state index in [0.29, 0.717) is 22.9 Å². The number of aryl methyl sites for hydroxylation is 3. The van der Waals surface area contributed by atoms with Gasteiger partial charge in [-0.1, -0.05) is 38.8 Å². The molecule has 1 fully saturated rings. The van der Waals surface area contributed by atoms with Crippen LogP contribution in [0.1, 0.15) is 75.4 Å². The number of pyridine rings is 1. The summed E-state index contributed by atoms with van der Waals surface area (Å²) in [6.45, 7) is 14.6. The minimum Gasteiger partial charge on any atom is -0.397 e. The lowest BCUT2D eigenvalue weighted by Gasteiger charge is -2.15. The summed E-state index contributed by atoms with van der Waals surface area (Å²) in [5.74, 6) is 0.521. The quantitative estimate of drug-likeness (QED) is 0.373. The molecule has 3 aromatic rings. The molecule has 3 unspecified atom stereocenters. The number of aliphatic hydroxyl groups is 1. The van der Waals surface area contributed by atoms with Gasteiger partial charge in [0.15, 0.2) is 5.69 Å². The molecule has 0 radical (unpaired) electrons. The van der Waals surface area contributed by atoms with Crippen LogP contribution in [0.5, 0.6) is 0 Å². The van der Waals surface area contributed by atoms with Crippen molar-refractivity contribution in [1.29, 1.82) is 5.26 Å². The molecule has 2 aromatic heterocycles. The predicted molar refractivity (Wildman–Crippen MR) is 152 cm³/mol. The molecule has 36 heavy (non-hydrogen) atoms. The number of hydrogen-bond donors (Lipinski definition) is 1. The van der Waals surface area contributed by atoms with Crippen LogP contribution >= 0.6 is 23.4 Å². The normalized spacial score (nSPS) is 18.5. The highest BCUT2D eigenvalue weighted by molar-refractivity contribution is 8.00. The molecule has 1 aliphatic carbocycles. The summed E-state index contributed by atoms with van der Waals surface area (Å²) in [6, 6.07) is 8.91. The molecule has 194 valence electrons. The smallest absolute Gasteiger partial charge is 0.154 e. The van der Waals surface area contributed by atoms with E-state index in [-0.39, 0.29) is 6.61 Å². The molecular weight excluding hydrogens is 488 g/mol. The highest BCUT2D eigenvalue weighted by Gasteiger charge is 2.34. The van der Waals surface area contributed by atoms with Crippen molar-refractivity contribution in [3.63, 3.8) is 0 Å². The third-order valence-electron chi connectivity index (χ3n) is 5.90. The van der Waals surface area contributed by atoms with Crippen LogP contribution in [-0.2, 0) is 0 Å². The van der Waals surface area contributed by atoms with Gasteiger partial charge in [-0.25, -0.2) is 4.98 Å². The molecule has 0 aliphatic heterocycles. The molecule has 0 spiro atoms. The molecule has 1 aliphatic rings. The molecule has 7 heteroatoms. The lowest BCUT2D eigenvalue weighted by atomic mass is 10.0. The first-order valence-corrected chi connectivity index (χ1v) is 13.9. The SMILES string of the molecule is CCC.CCO.Cc1cnc(C#N)c(SC2CC(C)C(n3cc(-c4cc(C)c(Cl)c(C)c4)cn3)C2)c1. The number of nitrogens with zero attached hydrogens (tertiary/aromatic N) is 4. The molecular formula is C29H39ClN4OS. The van der Waals surface area contributed by atoms with E-state index < -0.39 is 0 Å². The van der Waals surface area contributed by atoms with Gasteiger partial charge in [0.05, 0.1) is 12.2 Å². The molecule has 4 rings (SSSR count). The van der Waals surface area contributed by atoms with Crippen molar-refractivity contribution >= 4 is 23.4 Å². The lowest BCUT2D eigenvalue weighted by Crippen LogP contribution is -2.12. The van der Waals surface area contributed by atoms with Gasteiger partial charge in [-0.3, -0.25) is 4.68 Å². The van der Waals surface area contributed by atoms with Crippen LogP contribution < -0.4 is 0 Å². The van der Waals surface area contributed by atoms with Gasteiger partial charge in [-0.05, 0) is 86.9 Å². The van der Waals surface area contributed by atoms with Gasteiger partial charge in [0, 0.05) is 39.7 Å². The van der Waals surface area contributed by atoms with Crippen molar-refractivity contribution in [2.75, 3.05) is 6.61 Å². The molecule has 0 amide bonds. The van der Waals surface area contributed by atoms with E-state index in [9.17, 15) is 5.26 Å². The minimum absolute atomic E-state index is 0.250. The van der Waals surface area contributed by atoms with Gasteiger partial charge >= 0.3 is 0 Å². The summed E-state index contributed by atoms with van der Waals surface area (Å²) >= 11 is 8.12. The van der Waals surface area contributed by atoms with Crippen molar-refractivity contribution in [1.82, 2.24) is 14.8 Å². The lowest BCUT2D eigenvalue weighted by molar-refractivity contribution is 0.318. The van der Waals surface area contributed by atoms with Crippen molar-refractivity contribution in [3.8, 4) is 17.2 Å². The van der Waals surface area contributed by atoms with Crippen molar-refractivity contribution in [2.24, 2.45) is 5.92 Å². The van der Waals surface area contributed by atoms with Crippen LogP contribution in [-0.4, -0.2) is 31.7 Å². The average Bonchev–Trinajstić information content (AvgIpc) is 3.45. The Morgan fingerprint density at radius 1 is 1.08 bits per heavy atom. The number of thioether (sulfide) groups is 1. The summed E-state index contributed by atoms with van der Waals surface area (Å²) in [6.07, 6.45) is 9.25. The summed E-state index contributed by atoms with van der Waals surface area (Å²) < 4.78 is 2.12. The molecule has 3 atom stereocenters. The number of halogens is 1. The van der Waals surface area contributed by atoms with Crippen LogP contribution in [0.2, 0.25) is 5.02 Å². The van der Waals surface area contributed by atoms with Crippen LogP contribution in [0.25, 0.3) is 11.1 Å². The fourth-order valence-corrected chi connectivity index (χ4v) is 5.94. The maximum absolute atomic E-state index is 9.38. The molecule has 5 nitrogen and oxygen atoms in total. The third kappa shape index (κ3) is 7.83. The summed E-state index contributed by atoms with van der Waals surface area (Å²) in [4.78, 5) is 5.27. The number of benzene rings is 1. The van der Waals surface area contributed by atoms with Gasteiger partial charge in [0.1, 0.15) is 6.07 Å². The van der Waals surface area contributed by atoms with Crippen molar-refractivity contribution in [2.45, 2.75) is 83.9 Å². The average molecular weight is 527 g/mol. The van der Waals surface area contributed by atoms with Gasteiger partial charge in [0.2, 0.25) is 0 Å². The Morgan fingerprint density at radius 2 is 1.69 bits per heavy atom. The predicted octanol–water partition coefficient (Wildman–Crippen LogP) is 7.94. The minimum atomic E-state index is 0.250. The Balaban J connectivity index is 0.000000693. The van der Waals surface area contributed by atoms with Crippen LogP contribution in [0.3, 0.4) is 0 Å². The highest BCUT2D eigenvalue weighted by Crippen LogP contribution is 2.44. The van der Waals surface area contributed by atoms with E-state index in [4.69, 9.17) is 21.8 Å². The zero-order valence-corrected chi connectivity index (χ0v) is 24.1. The maximum atomic E-state index is 9.38. The second-order valence-corrected chi connectivity index (χ2v) is 11.1. The van der Waals surface area contributed by atoms with Crippen LogP contribution in [0.15, 0.2) is 41.7 Å². The fraction of sp³-hybridized carbons (Fsp3) is 0.483. The Labute approximate surface area is 225 Å². The Bertz CT molecular complexity index is 1150. The molecule has 0 saturated heterocycles. The van der Waals surface area contributed by atoms with E-state index >= 15 is 0 Å². The van der Waals surface area contributed by atoms with Crippen molar-refractivity contribution < 1.29 is 5.11 Å². The second-order valence-electron chi connectivity index (χ2n) is 9.38. The van der Waals surface area contributed by atoms with E-state index in [1.54, 1.807) is 24.9 Å². The molecule has 1 aromatic carbocycles. The van der Waals surface area contributed by atoms with E-state index in [1.807, 2.05) is 27.0 Å². The van der Waals surface area contributed by atoms with Gasteiger partial charge in [0.25, 0.3) is 0 Å². The van der Waals surface area contributed by atoms with E-state index in [1.165, 1.54) is 6.42 Å². The highest BCUT2D eigenvalue weighted by atomic mass is 35.5. The van der Waals surface area contributed by atoms with Crippen LogP contribution in [0, 0.1) is 38.0 Å². The van der Waals surface area contributed by atoms with Crippen molar-refractivity contribution in [3.05, 3.63) is 64.2 Å². The van der Waals surface area contributed by atoms with E-state index in [2.05, 4.69) is 60.9 Å². The maximum Gasteiger partial charge on any atom is 0.154 e. The Hall–Kier alpha value is -2.33. The zero-order valence-electron chi connectivity index (χ0n) is 22.5. The topological polar surface area (TPSA) is 74.7 Å². The molecule has 0 bridgehead atoms. The summed E-state index contributed by atoms with van der Waals surface area (Å²) in [7, 11) is 0. The first kappa shape index (κ1) is 29.9. The summed E-state index contributed by atoms with van der Waals surface area (Å²) in [5.41, 5.74) is 6.06. The van der Waals surface area contributed by atoms with E-state index in [0.717, 1.165) is 50.6 Å². The zero-order chi connectivity index (χ0) is 26.8. The van der Waals surface area contributed by atoms with Gasteiger partial charge < -0.3 is 5.11 Å². The van der Waals surface area contributed by atoms with Crippen LogP contribution in [0.4, 0.5) is 0 Å². The number of nitriles is 1. The Kier molecular flexibility index (Phi) is 12.0. The monoisotopic (exact) mass is 526 g/mol. The summed E-state index contributed by atoms with van der Waals surface area (Å²) in [5, 5.41) is 22.9. The first-order chi connectivity index (χ1) is 17.2. The number of hydrogen-bond acceptors (Lipinski definition) is 5. The molecule has 1 N–H and O–H groups in total. The first-order valence-electron chi connectivity index (χ1n) is 12.6. The largest absolute Gasteiger partial charge is 0.397 e. The molecule has 1 saturated carbocycles. The van der Waals surface area contributed by atoms with Gasteiger partial charge in [-0.15, -0.1) is 11.8 Å². The number of aliphatic hydroxyl groups excluding tert-OH is 1. The second kappa shape index (κ2) is 14.4. The fourth-order valence-electron chi connectivity index (χ4n) is 4.31. The Morgan fingerprint density at radius 3 is 2.28 bits per heavy atom. The van der Waals surface area contributed by atoms with Gasteiger partial charge in [-0.2, -0.15) is 10.4 Å². The standard InChI is InChI=1S/C24H25ClN4S.C3H8.C2H6O/c1-14-5-23(21(10-26)27-11-14)30-20-8-15(2)22(9-20)29-13-19(12-28-29)18-6-16(3)24(25)17(4)7-18;1-3-2;1-2-3/h5-7,11-13,15,20,22H,8-9H2,1-4H3;3H2,1-2H3;3H,2H2,1H3.